The van der Waals surface area contributed by atoms with Gasteiger partial charge in [-0.1, -0.05) is 30.1 Å². The number of Topliss-reactive ketones (excluding diaryl/α,β-unsaturated/α-hetero) is 1. The molecule has 0 saturated heterocycles. The van der Waals surface area contributed by atoms with Gasteiger partial charge in [-0.3, -0.25) is 4.79 Å². The topological polar surface area (TPSA) is 29.1 Å². The highest BCUT2D eigenvalue weighted by atomic mass is 35.5. The van der Waals surface area contributed by atoms with Crippen molar-refractivity contribution in [2.45, 2.75) is 6.92 Å². The molecule has 0 radical (unpaired) electrons. The number of hydrogen-bond acceptors (Lipinski definition) is 2. The van der Waals surface area contributed by atoms with E-state index in [2.05, 4.69) is 5.32 Å². The van der Waals surface area contributed by atoms with Crippen molar-refractivity contribution in [3.63, 3.8) is 0 Å². The number of carbonyl (C=O) groups excluding carboxylic acids is 1. The Bertz CT molecular complexity index is 319. The second kappa shape index (κ2) is 5.35. The van der Waals surface area contributed by atoms with Crippen LogP contribution in [0.15, 0.2) is 18.2 Å². The van der Waals surface area contributed by atoms with Gasteiger partial charge in [0.2, 0.25) is 0 Å². The predicted molar refractivity (Wildman–Crippen MR) is 59.3 cm³/mol. The smallest absolute Gasteiger partial charge is 0.176 e. The summed E-state index contributed by atoms with van der Waals surface area (Å²) in [6, 6.07) is 4.84. The Morgan fingerprint density at radius 1 is 1.29 bits per heavy atom. The van der Waals surface area contributed by atoms with Crippen molar-refractivity contribution in [1.29, 1.82) is 0 Å². The van der Waals surface area contributed by atoms with Gasteiger partial charge in [-0.2, -0.15) is 0 Å². The highest BCUT2D eigenvalue weighted by Crippen LogP contribution is 2.19. The molecule has 0 spiro atoms. The molecule has 0 saturated carbocycles. The summed E-state index contributed by atoms with van der Waals surface area (Å²) in [4.78, 5) is 11.5. The van der Waals surface area contributed by atoms with Crippen molar-refractivity contribution in [3.05, 3.63) is 33.8 Å². The van der Waals surface area contributed by atoms with E-state index in [9.17, 15) is 4.79 Å². The van der Waals surface area contributed by atoms with Gasteiger partial charge >= 0.3 is 0 Å². The molecule has 0 atom stereocenters. The number of halogens is 2. The molecule has 0 aliphatic rings. The molecule has 0 aliphatic carbocycles. The number of likely N-dealkylation sites (N-methyl/N-ethyl adjacent to an activating group) is 1. The Balaban J connectivity index is 2.79. The van der Waals surface area contributed by atoms with Crippen LogP contribution in [0.2, 0.25) is 10.0 Å². The Morgan fingerprint density at radius 2 is 1.86 bits per heavy atom. The fourth-order valence-corrected chi connectivity index (χ4v) is 1.58. The van der Waals surface area contributed by atoms with Crippen LogP contribution in [0.1, 0.15) is 17.3 Å². The lowest BCUT2D eigenvalue weighted by Crippen LogP contribution is -2.22. The summed E-state index contributed by atoms with van der Waals surface area (Å²) >= 11 is 11.5. The summed E-state index contributed by atoms with van der Waals surface area (Å²) in [5, 5.41) is 3.92. The largest absolute Gasteiger partial charge is 0.310 e. The number of rotatable bonds is 4. The number of carbonyl (C=O) groups is 1. The van der Waals surface area contributed by atoms with Crippen molar-refractivity contribution in [3.8, 4) is 0 Å². The second-order valence-electron chi connectivity index (χ2n) is 2.86. The third-order valence-electron chi connectivity index (χ3n) is 1.72. The molecule has 0 bridgehead atoms. The molecule has 1 aromatic rings. The van der Waals surface area contributed by atoms with Crippen LogP contribution in [0.3, 0.4) is 0 Å². The minimum Gasteiger partial charge on any atom is -0.310 e. The quantitative estimate of drug-likeness (QED) is 0.808. The second-order valence-corrected chi connectivity index (χ2v) is 3.73. The van der Waals surface area contributed by atoms with E-state index in [-0.39, 0.29) is 5.78 Å². The average Bonchev–Trinajstić information content (AvgIpc) is 2.12. The monoisotopic (exact) mass is 231 g/mol. The van der Waals surface area contributed by atoms with Crippen molar-refractivity contribution < 1.29 is 4.79 Å². The number of nitrogens with one attached hydrogen (secondary N) is 1. The Morgan fingerprint density at radius 3 is 2.36 bits per heavy atom. The predicted octanol–water partition coefficient (Wildman–Crippen LogP) is 2.79. The zero-order chi connectivity index (χ0) is 10.6. The third kappa shape index (κ3) is 3.29. The van der Waals surface area contributed by atoms with E-state index in [1.165, 1.54) is 0 Å². The van der Waals surface area contributed by atoms with Gasteiger partial charge in [0.25, 0.3) is 0 Å². The van der Waals surface area contributed by atoms with Gasteiger partial charge in [-0.05, 0) is 24.7 Å². The van der Waals surface area contributed by atoms with Crippen LogP contribution in [-0.2, 0) is 0 Å². The van der Waals surface area contributed by atoms with Crippen molar-refractivity contribution in [1.82, 2.24) is 5.32 Å². The van der Waals surface area contributed by atoms with Gasteiger partial charge in [0, 0.05) is 15.6 Å². The number of hydrogen-bond donors (Lipinski definition) is 1. The summed E-state index contributed by atoms with van der Waals surface area (Å²) in [6.45, 7) is 3.02. The van der Waals surface area contributed by atoms with Crippen molar-refractivity contribution >= 4 is 29.0 Å². The van der Waals surface area contributed by atoms with Crippen LogP contribution in [0.4, 0.5) is 0 Å². The third-order valence-corrected chi connectivity index (χ3v) is 2.16. The van der Waals surface area contributed by atoms with Crippen LogP contribution in [0.5, 0.6) is 0 Å². The van der Waals surface area contributed by atoms with E-state index >= 15 is 0 Å². The highest BCUT2D eigenvalue weighted by molar-refractivity contribution is 6.35. The van der Waals surface area contributed by atoms with Gasteiger partial charge in [0.1, 0.15) is 0 Å². The van der Waals surface area contributed by atoms with Gasteiger partial charge in [0.05, 0.1) is 6.54 Å². The molecule has 0 fully saturated rings. The number of ketones is 1. The molecular weight excluding hydrogens is 221 g/mol. The van der Waals surface area contributed by atoms with E-state index in [4.69, 9.17) is 23.2 Å². The molecule has 0 aromatic heterocycles. The highest BCUT2D eigenvalue weighted by Gasteiger charge is 2.06. The first-order valence-corrected chi connectivity index (χ1v) is 5.09. The minimum atomic E-state index is -0.00347. The summed E-state index contributed by atoms with van der Waals surface area (Å²) in [5.74, 6) is -0.00347. The Kier molecular flexibility index (Phi) is 4.39. The van der Waals surface area contributed by atoms with Gasteiger partial charge < -0.3 is 5.32 Å². The molecule has 2 nitrogen and oxygen atoms in total. The number of benzene rings is 1. The molecule has 14 heavy (non-hydrogen) atoms. The Hall–Kier alpha value is -0.570. The fourth-order valence-electron chi connectivity index (χ4n) is 1.06. The molecule has 0 heterocycles. The molecule has 1 N–H and O–H groups in total. The van der Waals surface area contributed by atoms with E-state index in [1.807, 2.05) is 6.92 Å². The lowest BCUT2D eigenvalue weighted by Gasteiger charge is -2.02. The molecule has 0 amide bonds. The van der Waals surface area contributed by atoms with E-state index in [1.54, 1.807) is 18.2 Å². The van der Waals surface area contributed by atoms with Crippen molar-refractivity contribution in [2.24, 2.45) is 0 Å². The maximum Gasteiger partial charge on any atom is 0.176 e. The fraction of sp³-hybridized carbons (Fsp3) is 0.300. The molecular formula is C10H11Cl2NO. The molecule has 0 unspecified atom stereocenters. The lowest BCUT2D eigenvalue weighted by molar-refractivity contribution is 0.0992. The van der Waals surface area contributed by atoms with E-state index < -0.39 is 0 Å². The van der Waals surface area contributed by atoms with Gasteiger partial charge in [-0.15, -0.1) is 0 Å². The van der Waals surface area contributed by atoms with Gasteiger partial charge in [0.15, 0.2) is 5.78 Å². The lowest BCUT2D eigenvalue weighted by atomic mass is 10.1. The first-order valence-electron chi connectivity index (χ1n) is 4.33. The zero-order valence-electron chi connectivity index (χ0n) is 7.81. The molecule has 1 aromatic carbocycles. The van der Waals surface area contributed by atoms with Crippen LogP contribution in [0, 0.1) is 0 Å². The molecule has 4 heteroatoms. The normalized spacial score (nSPS) is 10.2. The summed E-state index contributed by atoms with van der Waals surface area (Å²) in [5.41, 5.74) is 0.545. The molecule has 1 rings (SSSR count). The SMILES string of the molecule is CCNCC(=O)c1cc(Cl)cc(Cl)c1. The van der Waals surface area contributed by atoms with Crippen LogP contribution in [-0.4, -0.2) is 18.9 Å². The first kappa shape index (κ1) is 11.5. The van der Waals surface area contributed by atoms with Crippen molar-refractivity contribution in [2.75, 3.05) is 13.1 Å². The molecule has 76 valence electrons. The average molecular weight is 232 g/mol. The standard InChI is InChI=1S/C10H11Cl2NO/c1-2-13-6-10(14)7-3-8(11)5-9(12)4-7/h3-5,13H,2,6H2,1H3. The van der Waals surface area contributed by atoms with Crippen LogP contribution < -0.4 is 5.32 Å². The van der Waals surface area contributed by atoms with E-state index in [0.717, 1.165) is 6.54 Å². The summed E-state index contributed by atoms with van der Waals surface area (Å²) in [6.07, 6.45) is 0. The first-order chi connectivity index (χ1) is 6.63. The Labute approximate surface area is 93.2 Å². The maximum atomic E-state index is 11.5. The summed E-state index contributed by atoms with van der Waals surface area (Å²) < 4.78 is 0. The maximum absolute atomic E-state index is 11.5. The van der Waals surface area contributed by atoms with Crippen LogP contribution in [0.25, 0.3) is 0 Å². The van der Waals surface area contributed by atoms with E-state index in [0.29, 0.717) is 22.2 Å². The zero-order valence-corrected chi connectivity index (χ0v) is 9.32. The summed E-state index contributed by atoms with van der Waals surface area (Å²) in [7, 11) is 0. The molecule has 0 aliphatic heterocycles. The van der Waals surface area contributed by atoms with Gasteiger partial charge in [-0.25, -0.2) is 0 Å². The van der Waals surface area contributed by atoms with Crippen LogP contribution >= 0.6 is 23.2 Å². The minimum absolute atomic E-state index is 0.00347.